The molecule has 0 aliphatic rings. The smallest absolute Gasteiger partial charge is 0.314 e. The number of rotatable bonds is 7. The minimum absolute atomic E-state index is 0.154. The first kappa shape index (κ1) is 24.0. The largest absolute Gasteiger partial charge is 0.422 e. The van der Waals surface area contributed by atoms with E-state index in [2.05, 4.69) is 24.2 Å². The number of hydrogen-bond acceptors (Lipinski definition) is 9. The van der Waals surface area contributed by atoms with Gasteiger partial charge in [-0.2, -0.15) is 0 Å². The molecule has 2 atom stereocenters. The van der Waals surface area contributed by atoms with Crippen molar-refractivity contribution in [2.24, 2.45) is 10.8 Å². The summed E-state index contributed by atoms with van der Waals surface area (Å²) in [5.74, 6) is -0.792. The molecule has 2 aromatic heterocycles. The maximum absolute atomic E-state index is 12.5. The fraction of sp³-hybridized carbons (Fsp3) is 0.632. The van der Waals surface area contributed by atoms with E-state index in [0.29, 0.717) is 11.2 Å². The number of esters is 2. The van der Waals surface area contributed by atoms with Gasteiger partial charge < -0.3 is 24.5 Å². The molecule has 2 aromatic rings. The van der Waals surface area contributed by atoms with Crippen molar-refractivity contribution in [3.63, 3.8) is 0 Å². The Kier molecular flexibility index (Phi) is 7.36. The highest BCUT2D eigenvalue weighted by atomic mass is 31.0. The number of hydrogen-bond donors (Lipinski definition) is 1. The number of nitrogens with two attached hydrogens (primary N) is 1. The lowest BCUT2D eigenvalue weighted by Crippen LogP contribution is -2.44. The molecule has 0 radical (unpaired) electrons. The summed E-state index contributed by atoms with van der Waals surface area (Å²) in [4.78, 5) is 37.4. The monoisotopic (exact) mass is 439 g/mol. The molecule has 0 fully saturated rings. The molecule has 10 nitrogen and oxygen atoms in total. The van der Waals surface area contributed by atoms with Crippen LogP contribution in [0.2, 0.25) is 0 Å². The third-order valence-corrected chi connectivity index (χ3v) is 4.28. The molecule has 0 spiro atoms. The molecular weight excluding hydrogens is 409 g/mol. The van der Waals surface area contributed by atoms with E-state index in [4.69, 9.17) is 19.9 Å². The molecule has 0 saturated carbocycles. The first-order valence-corrected chi connectivity index (χ1v) is 10.3. The average molecular weight is 439 g/mol. The first-order chi connectivity index (χ1) is 13.8. The summed E-state index contributed by atoms with van der Waals surface area (Å²) < 4.78 is 18.6. The molecule has 2 rings (SSSR count). The van der Waals surface area contributed by atoms with Gasteiger partial charge in [0.25, 0.3) is 6.29 Å². The van der Waals surface area contributed by atoms with Gasteiger partial charge >= 0.3 is 11.9 Å². The third kappa shape index (κ3) is 5.86. The quantitative estimate of drug-likeness (QED) is 0.391. The number of imidazole rings is 1. The molecule has 2 N–H and O–H groups in total. The summed E-state index contributed by atoms with van der Waals surface area (Å²) in [6, 6.07) is 0. The van der Waals surface area contributed by atoms with Gasteiger partial charge in [0.1, 0.15) is 17.9 Å². The van der Waals surface area contributed by atoms with Crippen molar-refractivity contribution < 1.29 is 23.8 Å². The Balaban J connectivity index is 2.37. The van der Waals surface area contributed by atoms with Crippen LogP contribution in [0.4, 0.5) is 5.82 Å². The van der Waals surface area contributed by atoms with Crippen LogP contribution in [0.5, 0.6) is 0 Å². The van der Waals surface area contributed by atoms with Gasteiger partial charge in [-0.05, 0) is 41.5 Å². The Hall–Kier alpha value is -2.32. The second kappa shape index (κ2) is 9.22. The number of carbonyl (C=O) groups is 2. The maximum Gasteiger partial charge on any atom is 0.314 e. The third-order valence-electron chi connectivity index (χ3n) is 4.09. The van der Waals surface area contributed by atoms with Crippen molar-refractivity contribution in [1.29, 1.82) is 0 Å². The van der Waals surface area contributed by atoms with Crippen LogP contribution >= 0.6 is 9.24 Å². The first-order valence-electron chi connectivity index (χ1n) is 9.49. The topological polar surface area (TPSA) is 131 Å². The van der Waals surface area contributed by atoms with Crippen molar-refractivity contribution in [1.82, 2.24) is 19.5 Å². The fourth-order valence-electron chi connectivity index (χ4n) is 2.31. The Morgan fingerprint density at radius 2 is 1.63 bits per heavy atom. The van der Waals surface area contributed by atoms with Gasteiger partial charge in [0.15, 0.2) is 11.5 Å². The standard InChI is InChI=1S/C19H30N5O5P/c1-18(2,3)16(25)28-15(29-17(26)19(4,5)6)11(27-10-30)7-24-9-23-12-13(20)21-8-22-14(12)24/h8-9,11,15H,7,10,30H2,1-6H3,(H2,20,21,22). The van der Waals surface area contributed by atoms with E-state index in [1.807, 2.05) is 0 Å². The summed E-state index contributed by atoms with van der Waals surface area (Å²) in [5, 5.41) is 0. The van der Waals surface area contributed by atoms with Gasteiger partial charge in [-0.1, -0.05) is 0 Å². The predicted molar refractivity (Wildman–Crippen MR) is 114 cm³/mol. The van der Waals surface area contributed by atoms with E-state index in [1.165, 1.54) is 12.7 Å². The highest BCUT2D eigenvalue weighted by Gasteiger charge is 2.37. The Morgan fingerprint density at radius 1 is 1.07 bits per heavy atom. The zero-order valence-electron chi connectivity index (χ0n) is 18.2. The molecule has 0 amide bonds. The second-order valence-corrected chi connectivity index (χ2v) is 9.21. The number of nitrogen functional groups attached to an aromatic ring is 1. The summed E-state index contributed by atoms with van der Waals surface area (Å²) >= 11 is 0. The van der Waals surface area contributed by atoms with Gasteiger partial charge in [-0.3, -0.25) is 9.59 Å². The van der Waals surface area contributed by atoms with Gasteiger partial charge in [0.2, 0.25) is 0 Å². The molecule has 30 heavy (non-hydrogen) atoms. The van der Waals surface area contributed by atoms with Crippen LogP contribution in [-0.4, -0.2) is 50.2 Å². The van der Waals surface area contributed by atoms with E-state index in [1.54, 1.807) is 46.1 Å². The van der Waals surface area contributed by atoms with Crippen LogP contribution in [0.1, 0.15) is 41.5 Å². The lowest BCUT2D eigenvalue weighted by Gasteiger charge is -2.31. The van der Waals surface area contributed by atoms with Gasteiger partial charge in [0.05, 0.1) is 30.1 Å². The molecular formula is C19H30N5O5P. The van der Waals surface area contributed by atoms with Crippen molar-refractivity contribution in [3.05, 3.63) is 12.7 Å². The van der Waals surface area contributed by atoms with Gasteiger partial charge in [0, 0.05) is 0 Å². The molecule has 166 valence electrons. The number of aromatic nitrogens is 4. The van der Waals surface area contributed by atoms with E-state index >= 15 is 0 Å². The minimum Gasteiger partial charge on any atom is -0.422 e. The normalized spacial score (nSPS) is 13.5. The summed E-state index contributed by atoms with van der Waals surface area (Å²) in [6.07, 6.45) is 1.01. The SMILES string of the molecule is CC(C)(C)C(=O)OC(OC(=O)C(C)(C)C)C(Cn1cnc2c(N)ncnc21)OCP. The van der Waals surface area contributed by atoms with Crippen LogP contribution in [0.3, 0.4) is 0 Å². The second-order valence-electron chi connectivity index (χ2n) is 8.88. The Labute approximate surface area is 178 Å². The van der Waals surface area contributed by atoms with Crippen LogP contribution in [0, 0.1) is 10.8 Å². The van der Waals surface area contributed by atoms with Crippen molar-refractivity contribution >= 4 is 38.2 Å². The highest BCUT2D eigenvalue weighted by Crippen LogP contribution is 2.24. The highest BCUT2D eigenvalue weighted by molar-refractivity contribution is 7.16. The van der Waals surface area contributed by atoms with E-state index in [0.717, 1.165) is 0 Å². The van der Waals surface area contributed by atoms with E-state index < -0.39 is 35.2 Å². The molecule has 2 unspecified atom stereocenters. The van der Waals surface area contributed by atoms with E-state index in [9.17, 15) is 9.59 Å². The lowest BCUT2D eigenvalue weighted by atomic mass is 9.97. The molecule has 0 aliphatic heterocycles. The molecule has 0 aromatic carbocycles. The fourth-order valence-corrected chi connectivity index (χ4v) is 2.55. The summed E-state index contributed by atoms with van der Waals surface area (Å²) in [6.45, 7) is 10.4. The maximum atomic E-state index is 12.5. The molecule has 0 saturated heterocycles. The van der Waals surface area contributed by atoms with Crippen LogP contribution in [0.25, 0.3) is 11.2 Å². The summed E-state index contributed by atoms with van der Waals surface area (Å²) in [7, 11) is 2.43. The van der Waals surface area contributed by atoms with Gasteiger partial charge in [-0.15, -0.1) is 9.24 Å². The predicted octanol–water partition coefficient (Wildman–Crippen LogP) is 2.13. The molecule has 0 bridgehead atoms. The minimum atomic E-state index is -1.26. The van der Waals surface area contributed by atoms with Crippen molar-refractivity contribution in [2.75, 3.05) is 12.1 Å². The molecule has 0 aliphatic carbocycles. The number of nitrogens with zero attached hydrogens (tertiary/aromatic N) is 4. The van der Waals surface area contributed by atoms with E-state index in [-0.39, 0.29) is 18.7 Å². The van der Waals surface area contributed by atoms with Crippen molar-refractivity contribution in [2.45, 2.75) is 60.5 Å². The number of anilines is 1. The van der Waals surface area contributed by atoms with Crippen LogP contribution in [-0.2, 0) is 30.3 Å². The zero-order chi connectivity index (χ0) is 22.7. The Morgan fingerprint density at radius 3 is 2.13 bits per heavy atom. The Bertz CT molecular complexity index is 875. The molecule has 11 heteroatoms. The summed E-state index contributed by atoms with van der Waals surface area (Å²) in [5.41, 5.74) is 5.20. The number of fused-ring (bicyclic) bond motifs is 1. The van der Waals surface area contributed by atoms with Crippen LogP contribution < -0.4 is 5.73 Å². The lowest BCUT2D eigenvalue weighted by molar-refractivity contribution is -0.222. The molecule has 2 heterocycles. The van der Waals surface area contributed by atoms with Crippen LogP contribution in [0.15, 0.2) is 12.7 Å². The number of ether oxygens (including phenoxy) is 3. The van der Waals surface area contributed by atoms with Crippen molar-refractivity contribution in [3.8, 4) is 0 Å². The zero-order valence-corrected chi connectivity index (χ0v) is 19.4. The average Bonchev–Trinajstić information content (AvgIpc) is 3.03. The van der Waals surface area contributed by atoms with Gasteiger partial charge in [-0.25, -0.2) is 15.0 Å². The number of carbonyl (C=O) groups excluding carboxylic acids is 2.